The topological polar surface area (TPSA) is 93.5 Å². The van der Waals surface area contributed by atoms with E-state index >= 15 is 0 Å². The Morgan fingerprint density at radius 1 is 1.04 bits per heavy atom. The average Bonchev–Trinajstić information content (AvgIpc) is 2.99. The Kier molecular flexibility index (Phi) is 4.47. The van der Waals surface area contributed by atoms with Crippen molar-refractivity contribution >= 4 is 17.6 Å². The summed E-state index contributed by atoms with van der Waals surface area (Å²) in [6, 6.07) is 16.1. The molecule has 0 fully saturated rings. The monoisotopic (exact) mass is 337 g/mol. The third-order valence-corrected chi connectivity index (χ3v) is 3.48. The molecule has 3 rings (SSSR count). The van der Waals surface area contributed by atoms with E-state index in [1.807, 2.05) is 30.3 Å². The fourth-order valence-corrected chi connectivity index (χ4v) is 2.28. The first-order chi connectivity index (χ1) is 12.0. The molecule has 25 heavy (non-hydrogen) atoms. The van der Waals surface area contributed by atoms with Crippen molar-refractivity contribution in [3.8, 4) is 11.5 Å². The zero-order chi connectivity index (χ0) is 17.8. The van der Waals surface area contributed by atoms with Crippen LogP contribution in [-0.4, -0.2) is 26.8 Å². The van der Waals surface area contributed by atoms with Crippen LogP contribution in [0.3, 0.4) is 0 Å². The number of nitrogens with one attached hydrogen (secondary N) is 1. The number of ether oxygens (including phenoxy) is 1. The highest BCUT2D eigenvalue weighted by Crippen LogP contribution is 2.23. The van der Waals surface area contributed by atoms with Gasteiger partial charge in [0.1, 0.15) is 22.8 Å². The highest BCUT2D eigenvalue weighted by Gasteiger charge is 2.21. The highest BCUT2D eigenvalue weighted by molar-refractivity contribution is 6.09. The normalized spacial score (nSPS) is 10.3. The fourth-order valence-electron chi connectivity index (χ4n) is 2.28. The SMILES string of the molecule is Cn1ncc(C(=O)O)c1C(=O)Nc1ccc(Oc2ccccc2)cc1. The molecule has 1 amide bonds. The zero-order valence-electron chi connectivity index (χ0n) is 13.3. The van der Waals surface area contributed by atoms with Crippen LogP contribution in [0.4, 0.5) is 5.69 Å². The highest BCUT2D eigenvalue weighted by atomic mass is 16.5. The maximum atomic E-state index is 12.3. The van der Waals surface area contributed by atoms with Crippen molar-refractivity contribution in [3.05, 3.63) is 72.1 Å². The standard InChI is InChI=1S/C18H15N3O4/c1-21-16(15(11-19-21)18(23)24)17(22)20-12-7-9-14(10-8-12)25-13-5-3-2-4-6-13/h2-11H,1H3,(H,20,22)(H,23,24). The molecule has 0 atom stereocenters. The molecule has 0 aliphatic heterocycles. The van der Waals surface area contributed by atoms with E-state index in [1.54, 1.807) is 24.3 Å². The molecule has 0 aliphatic rings. The average molecular weight is 337 g/mol. The lowest BCUT2D eigenvalue weighted by atomic mass is 10.2. The Balaban J connectivity index is 1.72. The van der Waals surface area contributed by atoms with Crippen molar-refractivity contribution < 1.29 is 19.4 Å². The molecular formula is C18H15N3O4. The number of benzene rings is 2. The van der Waals surface area contributed by atoms with Crippen molar-refractivity contribution in [3.63, 3.8) is 0 Å². The Hall–Kier alpha value is -3.61. The van der Waals surface area contributed by atoms with Crippen LogP contribution in [0.25, 0.3) is 0 Å². The number of hydrogen-bond acceptors (Lipinski definition) is 4. The number of anilines is 1. The van der Waals surface area contributed by atoms with E-state index in [-0.39, 0.29) is 11.3 Å². The summed E-state index contributed by atoms with van der Waals surface area (Å²) in [5.41, 5.74) is 0.351. The minimum atomic E-state index is -1.20. The minimum Gasteiger partial charge on any atom is -0.478 e. The molecule has 3 aromatic rings. The first-order valence-electron chi connectivity index (χ1n) is 7.44. The number of rotatable bonds is 5. The second kappa shape index (κ2) is 6.88. The first-order valence-corrected chi connectivity index (χ1v) is 7.44. The second-order valence-corrected chi connectivity index (χ2v) is 5.23. The largest absolute Gasteiger partial charge is 0.478 e. The molecule has 0 aliphatic carbocycles. The van der Waals surface area contributed by atoms with Gasteiger partial charge < -0.3 is 15.2 Å². The summed E-state index contributed by atoms with van der Waals surface area (Å²) in [4.78, 5) is 23.5. The number of carbonyl (C=O) groups is 2. The Labute approximate surface area is 143 Å². The third kappa shape index (κ3) is 3.66. The third-order valence-electron chi connectivity index (χ3n) is 3.48. The van der Waals surface area contributed by atoms with Gasteiger partial charge >= 0.3 is 5.97 Å². The van der Waals surface area contributed by atoms with Crippen LogP contribution < -0.4 is 10.1 Å². The van der Waals surface area contributed by atoms with Gasteiger partial charge in [0.25, 0.3) is 5.91 Å². The van der Waals surface area contributed by atoms with Crippen LogP contribution in [0, 0.1) is 0 Å². The Morgan fingerprint density at radius 3 is 2.32 bits per heavy atom. The van der Waals surface area contributed by atoms with Gasteiger partial charge in [-0.05, 0) is 36.4 Å². The zero-order valence-corrected chi connectivity index (χ0v) is 13.3. The summed E-state index contributed by atoms with van der Waals surface area (Å²) >= 11 is 0. The Morgan fingerprint density at radius 2 is 1.68 bits per heavy atom. The van der Waals surface area contributed by atoms with E-state index < -0.39 is 11.9 Å². The minimum absolute atomic E-state index is 0.0166. The van der Waals surface area contributed by atoms with Gasteiger partial charge in [-0.3, -0.25) is 9.48 Å². The van der Waals surface area contributed by atoms with Gasteiger partial charge in [0.05, 0.1) is 6.20 Å². The number of carboxylic acids is 1. The van der Waals surface area contributed by atoms with Crippen molar-refractivity contribution in [1.82, 2.24) is 9.78 Å². The molecule has 2 N–H and O–H groups in total. The van der Waals surface area contributed by atoms with Crippen molar-refractivity contribution in [2.45, 2.75) is 0 Å². The number of amides is 1. The number of nitrogens with zero attached hydrogens (tertiary/aromatic N) is 2. The quantitative estimate of drug-likeness (QED) is 0.746. The van der Waals surface area contributed by atoms with Crippen LogP contribution in [-0.2, 0) is 7.05 Å². The molecule has 7 heteroatoms. The van der Waals surface area contributed by atoms with E-state index in [9.17, 15) is 9.59 Å². The van der Waals surface area contributed by atoms with E-state index in [0.29, 0.717) is 17.2 Å². The van der Waals surface area contributed by atoms with Crippen LogP contribution in [0.2, 0.25) is 0 Å². The maximum Gasteiger partial charge on any atom is 0.339 e. The molecule has 1 aromatic heterocycles. The van der Waals surface area contributed by atoms with Crippen molar-refractivity contribution in [1.29, 1.82) is 0 Å². The number of aromatic carboxylic acids is 1. The molecular weight excluding hydrogens is 322 g/mol. The number of hydrogen-bond donors (Lipinski definition) is 2. The van der Waals surface area contributed by atoms with E-state index in [4.69, 9.17) is 9.84 Å². The number of carbonyl (C=O) groups excluding carboxylic acids is 1. The van der Waals surface area contributed by atoms with E-state index in [1.165, 1.54) is 11.7 Å². The summed E-state index contributed by atoms with van der Waals surface area (Å²) < 4.78 is 6.90. The van der Waals surface area contributed by atoms with Crippen LogP contribution >= 0.6 is 0 Å². The molecule has 126 valence electrons. The molecule has 0 bridgehead atoms. The van der Waals surface area contributed by atoms with Gasteiger partial charge in [-0.15, -0.1) is 0 Å². The fraction of sp³-hybridized carbons (Fsp3) is 0.0556. The van der Waals surface area contributed by atoms with Gasteiger partial charge in [-0.25, -0.2) is 4.79 Å². The van der Waals surface area contributed by atoms with Gasteiger partial charge in [-0.2, -0.15) is 5.10 Å². The molecule has 0 radical (unpaired) electrons. The summed E-state index contributed by atoms with van der Waals surface area (Å²) in [5.74, 6) is -0.421. The predicted octanol–water partition coefficient (Wildman–Crippen LogP) is 3.16. The number of aryl methyl sites for hydroxylation is 1. The molecule has 0 spiro atoms. The van der Waals surface area contributed by atoms with Gasteiger partial charge in [-0.1, -0.05) is 18.2 Å². The summed E-state index contributed by atoms with van der Waals surface area (Å²) in [6.07, 6.45) is 1.15. The first kappa shape index (κ1) is 16.3. The number of aromatic nitrogens is 2. The smallest absolute Gasteiger partial charge is 0.339 e. The summed E-state index contributed by atoms with van der Waals surface area (Å²) in [6.45, 7) is 0. The lowest BCUT2D eigenvalue weighted by Gasteiger charge is -2.09. The predicted molar refractivity (Wildman–Crippen MR) is 91.1 cm³/mol. The molecule has 1 heterocycles. The lowest BCUT2D eigenvalue weighted by molar-refractivity contribution is 0.0692. The van der Waals surface area contributed by atoms with Crippen LogP contribution in [0.15, 0.2) is 60.8 Å². The van der Waals surface area contributed by atoms with Crippen LogP contribution in [0.1, 0.15) is 20.8 Å². The number of carboxylic acid groups (broad SMARTS) is 1. The van der Waals surface area contributed by atoms with Gasteiger partial charge in [0, 0.05) is 12.7 Å². The van der Waals surface area contributed by atoms with Gasteiger partial charge in [0.15, 0.2) is 0 Å². The maximum absolute atomic E-state index is 12.3. The summed E-state index contributed by atoms with van der Waals surface area (Å²) in [5, 5.41) is 15.6. The van der Waals surface area contributed by atoms with E-state index in [0.717, 1.165) is 6.20 Å². The molecule has 0 saturated heterocycles. The van der Waals surface area contributed by atoms with Crippen molar-refractivity contribution in [2.75, 3.05) is 5.32 Å². The van der Waals surface area contributed by atoms with E-state index in [2.05, 4.69) is 10.4 Å². The summed E-state index contributed by atoms with van der Waals surface area (Å²) in [7, 11) is 1.51. The molecule has 2 aromatic carbocycles. The van der Waals surface area contributed by atoms with Crippen molar-refractivity contribution in [2.24, 2.45) is 7.05 Å². The Bertz CT molecular complexity index is 902. The van der Waals surface area contributed by atoms with Crippen LogP contribution in [0.5, 0.6) is 11.5 Å². The molecule has 0 saturated carbocycles. The van der Waals surface area contributed by atoms with Gasteiger partial charge in [0.2, 0.25) is 0 Å². The molecule has 0 unspecified atom stereocenters. The molecule has 7 nitrogen and oxygen atoms in total. The number of para-hydroxylation sites is 1. The second-order valence-electron chi connectivity index (χ2n) is 5.23. The lowest BCUT2D eigenvalue weighted by Crippen LogP contribution is -2.19.